The molecule has 106 valence electrons. The predicted molar refractivity (Wildman–Crippen MR) is 71.4 cm³/mol. The molecular weight excluding hydrogens is 315 g/mol. The minimum Gasteiger partial charge on any atom is -0.340 e. The number of hydrogen-bond donors (Lipinski definition) is 2. The highest BCUT2D eigenvalue weighted by atomic mass is 35.5. The van der Waals surface area contributed by atoms with Crippen LogP contribution in [0.15, 0.2) is 6.07 Å². The predicted octanol–water partition coefficient (Wildman–Crippen LogP) is 0.283. The van der Waals surface area contributed by atoms with Gasteiger partial charge in [0.1, 0.15) is 10.8 Å². The number of nitrogens with zero attached hydrogens (tertiary/aromatic N) is 2. The molecule has 2 heterocycles. The monoisotopic (exact) mass is 326 g/mol. The van der Waals surface area contributed by atoms with E-state index >= 15 is 0 Å². The second kappa shape index (κ2) is 5.29. The molecule has 0 radical (unpaired) electrons. The highest BCUT2D eigenvalue weighted by Gasteiger charge is 2.27. The number of piperazine rings is 1. The molecule has 2 rings (SSSR count). The molecule has 0 atom stereocenters. The third-order valence-electron chi connectivity index (χ3n) is 2.84. The number of hydrogen-bond acceptors (Lipinski definition) is 3. The van der Waals surface area contributed by atoms with Gasteiger partial charge in [-0.3, -0.25) is 4.79 Å². The summed E-state index contributed by atoms with van der Waals surface area (Å²) in [6.45, 7) is 0.881. The SMILES string of the molecule is NS(=O)(=O)N1CCN(C(=O)c2cc(Cl)c(Cl)[nH]2)CC1. The van der Waals surface area contributed by atoms with Gasteiger partial charge in [0, 0.05) is 26.2 Å². The Balaban J connectivity index is 2.04. The van der Waals surface area contributed by atoms with Crippen LogP contribution in [0.4, 0.5) is 0 Å². The van der Waals surface area contributed by atoms with Crippen LogP contribution >= 0.6 is 23.2 Å². The number of halogens is 2. The zero-order valence-electron chi connectivity index (χ0n) is 9.77. The lowest BCUT2D eigenvalue weighted by molar-refractivity contribution is 0.0692. The molecule has 0 bridgehead atoms. The number of nitrogens with one attached hydrogen (secondary N) is 1. The summed E-state index contributed by atoms with van der Waals surface area (Å²) in [6, 6.07) is 1.44. The molecule has 0 unspecified atom stereocenters. The molecule has 1 aromatic rings. The molecule has 0 aromatic carbocycles. The summed E-state index contributed by atoms with van der Waals surface area (Å²) in [4.78, 5) is 16.3. The van der Waals surface area contributed by atoms with Crippen molar-refractivity contribution >= 4 is 39.3 Å². The molecular formula is C9H12Cl2N4O3S. The van der Waals surface area contributed by atoms with Gasteiger partial charge in [-0.1, -0.05) is 23.2 Å². The number of amides is 1. The molecule has 0 spiro atoms. The average Bonchev–Trinajstić information content (AvgIpc) is 2.68. The van der Waals surface area contributed by atoms with E-state index in [4.69, 9.17) is 28.3 Å². The average molecular weight is 327 g/mol. The van der Waals surface area contributed by atoms with Crippen molar-refractivity contribution in [3.05, 3.63) is 21.9 Å². The molecule has 1 aliphatic rings. The second-order valence-corrected chi connectivity index (χ2v) is 6.41. The van der Waals surface area contributed by atoms with E-state index in [0.717, 1.165) is 4.31 Å². The van der Waals surface area contributed by atoms with Crippen LogP contribution in [0.1, 0.15) is 10.5 Å². The van der Waals surface area contributed by atoms with Gasteiger partial charge in [0.15, 0.2) is 0 Å². The van der Waals surface area contributed by atoms with Crippen LogP contribution in [0.25, 0.3) is 0 Å². The number of rotatable bonds is 2. The lowest BCUT2D eigenvalue weighted by atomic mass is 10.3. The molecule has 10 heteroatoms. The maximum Gasteiger partial charge on any atom is 0.277 e. The van der Waals surface area contributed by atoms with E-state index in [-0.39, 0.29) is 48.0 Å². The van der Waals surface area contributed by atoms with Crippen molar-refractivity contribution < 1.29 is 13.2 Å². The van der Waals surface area contributed by atoms with Crippen LogP contribution in [0.3, 0.4) is 0 Å². The van der Waals surface area contributed by atoms with E-state index in [2.05, 4.69) is 4.98 Å². The summed E-state index contributed by atoms with van der Waals surface area (Å²) in [7, 11) is -3.70. The van der Waals surface area contributed by atoms with E-state index in [0.29, 0.717) is 0 Å². The Morgan fingerprint density at radius 1 is 1.26 bits per heavy atom. The number of carbonyl (C=O) groups excluding carboxylic acids is 1. The van der Waals surface area contributed by atoms with E-state index < -0.39 is 10.2 Å². The van der Waals surface area contributed by atoms with Gasteiger partial charge in [-0.25, -0.2) is 5.14 Å². The normalized spacial score (nSPS) is 17.7. The first-order valence-electron chi connectivity index (χ1n) is 5.40. The summed E-state index contributed by atoms with van der Waals surface area (Å²) < 4.78 is 23.4. The lowest BCUT2D eigenvalue weighted by Gasteiger charge is -2.32. The minimum absolute atomic E-state index is 0.173. The van der Waals surface area contributed by atoms with Crippen molar-refractivity contribution in [1.29, 1.82) is 0 Å². The van der Waals surface area contributed by atoms with Crippen LogP contribution in [-0.4, -0.2) is 54.7 Å². The molecule has 3 N–H and O–H groups in total. The maximum atomic E-state index is 12.1. The van der Waals surface area contributed by atoms with Gasteiger partial charge < -0.3 is 9.88 Å². The molecule has 1 amide bonds. The van der Waals surface area contributed by atoms with E-state index in [1.54, 1.807) is 0 Å². The molecule has 1 aliphatic heterocycles. The fraction of sp³-hybridized carbons (Fsp3) is 0.444. The van der Waals surface area contributed by atoms with Crippen LogP contribution in [0.5, 0.6) is 0 Å². The van der Waals surface area contributed by atoms with Crippen molar-refractivity contribution in [2.75, 3.05) is 26.2 Å². The largest absolute Gasteiger partial charge is 0.340 e. The molecule has 1 aromatic heterocycles. The number of aromatic nitrogens is 1. The minimum atomic E-state index is -3.70. The summed E-state index contributed by atoms with van der Waals surface area (Å²) in [5.74, 6) is -0.275. The third-order valence-corrected chi connectivity index (χ3v) is 4.62. The summed E-state index contributed by atoms with van der Waals surface area (Å²) >= 11 is 11.5. The fourth-order valence-electron chi connectivity index (χ4n) is 1.84. The lowest BCUT2D eigenvalue weighted by Crippen LogP contribution is -2.52. The summed E-state index contributed by atoms with van der Waals surface area (Å²) in [5.41, 5.74) is 0.277. The van der Waals surface area contributed by atoms with Crippen molar-refractivity contribution in [3.63, 3.8) is 0 Å². The van der Waals surface area contributed by atoms with E-state index in [9.17, 15) is 13.2 Å². The van der Waals surface area contributed by atoms with Crippen molar-refractivity contribution in [2.45, 2.75) is 0 Å². The summed E-state index contributed by atoms with van der Waals surface area (Å²) in [5, 5.41) is 5.49. The van der Waals surface area contributed by atoms with Crippen molar-refractivity contribution in [2.24, 2.45) is 5.14 Å². The van der Waals surface area contributed by atoms with Crippen LogP contribution in [0.2, 0.25) is 10.2 Å². The number of nitrogens with two attached hydrogens (primary N) is 1. The Labute approximate surface area is 120 Å². The molecule has 7 nitrogen and oxygen atoms in total. The Hall–Kier alpha value is -0.800. The zero-order chi connectivity index (χ0) is 14.2. The molecule has 1 saturated heterocycles. The smallest absolute Gasteiger partial charge is 0.277 e. The third kappa shape index (κ3) is 3.21. The number of carbonyl (C=O) groups is 1. The molecule has 19 heavy (non-hydrogen) atoms. The Kier molecular flexibility index (Phi) is 4.07. The molecule has 1 fully saturated rings. The molecule has 0 saturated carbocycles. The first-order valence-corrected chi connectivity index (χ1v) is 7.66. The quantitative estimate of drug-likeness (QED) is 0.816. The van der Waals surface area contributed by atoms with Gasteiger partial charge in [-0.05, 0) is 6.07 Å². The standard InChI is InChI=1S/C9H12Cl2N4O3S/c10-6-5-7(13-8(6)11)9(16)14-1-3-15(4-2-14)19(12,17)18/h5,13H,1-4H2,(H2,12,17,18). The Morgan fingerprint density at radius 2 is 1.84 bits per heavy atom. The highest BCUT2D eigenvalue weighted by Crippen LogP contribution is 2.23. The van der Waals surface area contributed by atoms with Gasteiger partial charge in [0.25, 0.3) is 16.1 Å². The number of aromatic amines is 1. The van der Waals surface area contributed by atoms with Crippen LogP contribution in [-0.2, 0) is 10.2 Å². The topological polar surface area (TPSA) is 99.5 Å². The van der Waals surface area contributed by atoms with Gasteiger partial charge >= 0.3 is 0 Å². The van der Waals surface area contributed by atoms with Gasteiger partial charge in [-0.15, -0.1) is 0 Å². The van der Waals surface area contributed by atoms with Gasteiger partial charge in [0.2, 0.25) is 0 Å². The maximum absolute atomic E-state index is 12.1. The summed E-state index contributed by atoms with van der Waals surface area (Å²) in [6.07, 6.45) is 0. The zero-order valence-corrected chi connectivity index (χ0v) is 12.1. The van der Waals surface area contributed by atoms with Crippen LogP contribution in [0, 0.1) is 0 Å². The fourth-order valence-corrected chi connectivity index (χ4v) is 2.82. The highest BCUT2D eigenvalue weighted by molar-refractivity contribution is 7.86. The first-order chi connectivity index (χ1) is 8.79. The molecule has 0 aliphatic carbocycles. The van der Waals surface area contributed by atoms with E-state index in [1.165, 1.54) is 11.0 Å². The van der Waals surface area contributed by atoms with Crippen molar-refractivity contribution in [1.82, 2.24) is 14.2 Å². The first kappa shape index (κ1) is 14.6. The van der Waals surface area contributed by atoms with Gasteiger partial charge in [-0.2, -0.15) is 12.7 Å². The Morgan fingerprint density at radius 3 is 2.26 bits per heavy atom. The van der Waals surface area contributed by atoms with Crippen molar-refractivity contribution in [3.8, 4) is 0 Å². The number of H-pyrrole nitrogens is 1. The van der Waals surface area contributed by atoms with Crippen LogP contribution < -0.4 is 5.14 Å². The van der Waals surface area contributed by atoms with E-state index in [1.807, 2.05) is 0 Å². The van der Waals surface area contributed by atoms with Gasteiger partial charge in [0.05, 0.1) is 5.02 Å². The second-order valence-electron chi connectivity index (χ2n) is 4.08. The Bertz CT molecular complexity index is 573.